The maximum absolute atomic E-state index is 13.5. The van der Waals surface area contributed by atoms with Crippen molar-refractivity contribution in [1.82, 2.24) is 29.5 Å². The third kappa shape index (κ3) is 4.15. The molecule has 1 aliphatic heterocycles. The predicted molar refractivity (Wildman–Crippen MR) is 124 cm³/mol. The lowest BCUT2D eigenvalue weighted by Crippen LogP contribution is -2.33. The van der Waals surface area contributed by atoms with Gasteiger partial charge in [0.15, 0.2) is 11.5 Å². The van der Waals surface area contributed by atoms with Crippen molar-refractivity contribution in [2.24, 2.45) is 5.92 Å². The zero-order chi connectivity index (χ0) is 22.4. The van der Waals surface area contributed by atoms with Gasteiger partial charge in [-0.2, -0.15) is 0 Å². The summed E-state index contributed by atoms with van der Waals surface area (Å²) in [6, 6.07) is 8.30. The normalized spacial score (nSPS) is 17.8. The van der Waals surface area contributed by atoms with Crippen LogP contribution in [0.4, 0.5) is 4.39 Å². The van der Waals surface area contributed by atoms with Crippen LogP contribution in [0, 0.1) is 12.8 Å². The van der Waals surface area contributed by atoms with Gasteiger partial charge >= 0.3 is 0 Å². The first-order valence-corrected chi connectivity index (χ1v) is 11.7. The van der Waals surface area contributed by atoms with E-state index in [9.17, 15) is 4.39 Å². The molecule has 2 fully saturated rings. The molecule has 8 heteroatoms. The van der Waals surface area contributed by atoms with E-state index in [0.717, 1.165) is 65.8 Å². The van der Waals surface area contributed by atoms with Crippen LogP contribution in [0.5, 0.6) is 5.75 Å². The molecule has 0 amide bonds. The first-order chi connectivity index (χ1) is 16.1. The first-order valence-electron chi connectivity index (χ1n) is 11.7. The topological polar surface area (TPSA) is 68.4 Å². The summed E-state index contributed by atoms with van der Waals surface area (Å²) in [6.07, 6.45) is 6.59. The number of likely N-dealkylation sites (tertiary alicyclic amines) is 1. The Morgan fingerprint density at radius 3 is 2.73 bits per heavy atom. The van der Waals surface area contributed by atoms with E-state index in [-0.39, 0.29) is 0 Å². The summed E-state index contributed by atoms with van der Waals surface area (Å²) in [5, 5.41) is 8.95. The Kier molecular flexibility index (Phi) is 5.17. The molecule has 4 heterocycles. The molecule has 0 atom stereocenters. The number of benzene rings is 1. The van der Waals surface area contributed by atoms with E-state index in [1.807, 2.05) is 13.0 Å². The summed E-state index contributed by atoms with van der Waals surface area (Å²) in [4.78, 5) is 11.5. The van der Waals surface area contributed by atoms with Crippen molar-refractivity contribution in [2.75, 3.05) is 19.7 Å². The second kappa shape index (κ2) is 8.33. The zero-order valence-electron chi connectivity index (χ0n) is 18.7. The lowest BCUT2D eigenvalue weighted by atomic mass is 10.1. The fraction of sp³-hybridized carbons (Fsp3) is 0.440. The largest absolute Gasteiger partial charge is 0.492 e. The van der Waals surface area contributed by atoms with Crippen LogP contribution in [0.25, 0.3) is 28.1 Å². The molecule has 2 aliphatic rings. The monoisotopic (exact) mass is 446 g/mol. The van der Waals surface area contributed by atoms with Gasteiger partial charge < -0.3 is 4.74 Å². The standard InChI is InChI=1S/C25H27FN6O/c1-16-24-29-30-25(19-11-21(13-27-12-19)33-15-17-2-3-17)32(24)23-10-18(4-5-22(23)28-16)14-31-8-6-20(26)7-9-31/h4-5,10-13,17,20H,2-3,6-9,14-15H2,1H3. The number of pyridine rings is 1. The number of piperidine rings is 1. The maximum Gasteiger partial charge on any atom is 0.183 e. The van der Waals surface area contributed by atoms with E-state index in [1.54, 1.807) is 12.4 Å². The van der Waals surface area contributed by atoms with Crippen molar-refractivity contribution in [3.05, 3.63) is 47.9 Å². The van der Waals surface area contributed by atoms with Gasteiger partial charge in [-0.25, -0.2) is 9.37 Å². The number of aromatic nitrogens is 5. The maximum atomic E-state index is 13.5. The summed E-state index contributed by atoms with van der Waals surface area (Å²) >= 11 is 0. The highest BCUT2D eigenvalue weighted by atomic mass is 19.1. The van der Waals surface area contributed by atoms with Crippen LogP contribution in [0.3, 0.4) is 0 Å². The fourth-order valence-electron chi connectivity index (χ4n) is 4.54. The number of ether oxygens (including phenoxy) is 1. The molecular weight excluding hydrogens is 419 g/mol. The van der Waals surface area contributed by atoms with Crippen LogP contribution >= 0.6 is 0 Å². The highest BCUT2D eigenvalue weighted by Gasteiger charge is 2.22. The van der Waals surface area contributed by atoms with Gasteiger partial charge in [0.2, 0.25) is 0 Å². The minimum absolute atomic E-state index is 0.611. The summed E-state index contributed by atoms with van der Waals surface area (Å²) in [7, 11) is 0. The predicted octanol–water partition coefficient (Wildman–Crippen LogP) is 4.37. The van der Waals surface area contributed by atoms with Gasteiger partial charge in [-0.15, -0.1) is 10.2 Å². The van der Waals surface area contributed by atoms with Crippen LogP contribution in [0.15, 0.2) is 36.7 Å². The van der Waals surface area contributed by atoms with Crippen LogP contribution in [0.2, 0.25) is 0 Å². The molecule has 7 nitrogen and oxygen atoms in total. The molecule has 0 bridgehead atoms. The molecule has 6 rings (SSSR count). The van der Waals surface area contributed by atoms with Gasteiger partial charge in [0.05, 0.1) is 29.5 Å². The molecule has 4 aromatic rings. The van der Waals surface area contributed by atoms with Crippen molar-refractivity contribution in [3.8, 4) is 17.1 Å². The number of aryl methyl sites for hydroxylation is 1. The number of hydrogen-bond donors (Lipinski definition) is 0. The number of rotatable bonds is 6. The molecule has 0 unspecified atom stereocenters. The molecule has 0 N–H and O–H groups in total. The minimum Gasteiger partial charge on any atom is -0.492 e. The Morgan fingerprint density at radius 1 is 1.06 bits per heavy atom. The molecule has 33 heavy (non-hydrogen) atoms. The summed E-state index contributed by atoms with van der Waals surface area (Å²) in [5.41, 5.74) is 5.44. The van der Waals surface area contributed by atoms with E-state index in [0.29, 0.717) is 18.8 Å². The van der Waals surface area contributed by atoms with Crippen molar-refractivity contribution >= 4 is 16.7 Å². The average molecular weight is 447 g/mol. The van der Waals surface area contributed by atoms with Crippen LogP contribution in [0.1, 0.15) is 36.9 Å². The summed E-state index contributed by atoms with van der Waals surface area (Å²) in [5.74, 6) is 2.15. The van der Waals surface area contributed by atoms with E-state index >= 15 is 0 Å². The SMILES string of the molecule is Cc1nc2ccc(CN3CCC(F)CC3)cc2n2c(-c3cncc(OCC4CC4)c3)nnc12. The minimum atomic E-state index is -0.665. The quantitative estimate of drug-likeness (QED) is 0.438. The third-order valence-corrected chi connectivity index (χ3v) is 6.63. The van der Waals surface area contributed by atoms with E-state index in [2.05, 4.69) is 42.7 Å². The first kappa shape index (κ1) is 20.5. The van der Waals surface area contributed by atoms with Crippen LogP contribution in [-0.4, -0.2) is 55.3 Å². The number of fused-ring (bicyclic) bond motifs is 3. The van der Waals surface area contributed by atoms with E-state index in [1.165, 1.54) is 18.4 Å². The lowest BCUT2D eigenvalue weighted by molar-refractivity contribution is 0.145. The molecule has 1 aliphatic carbocycles. The van der Waals surface area contributed by atoms with Gasteiger partial charge in [-0.3, -0.25) is 14.3 Å². The van der Waals surface area contributed by atoms with Crippen molar-refractivity contribution < 1.29 is 9.13 Å². The van der Waals surface area contributed by atoms with Gasteiger partial charge in [0.25, 0.3) is 0 Å². The highest BCUT2D eigenvalue weighted by Crippen LogP contribution is 2.31. The second-order valence-electron chi connectivity index (χ2n) is 9.32. The van der Waals surface area contributed by atoms with Gasteiger partial charge in [0, 0.05) is 31.4 Å². The van der Waals surface area contributed by atoms with Crippen LogP contribution in [-0.2, 0) is 6.54 Å². The lowest BCUT2D eigenvalue weighted by Gasteiger charge is -2.28. The average Bonchev–Trinajstić information content (AvgIpc) is 3.55. The summed E-state index contributed by atoms with van der Waals surface area (Å²) < 4.78 is 21.5. The number of hydrogen-bond acceptors (Lipinski definition) is 6. The molecular formula is C25H27FN6O. The highest BCUT2D eigenvalue weighted by molar-refractivity contribution is 5.81. The fourth-order valence-corrected chi connectivity index (χ4v) is 4.54. The van der Waals surface area contributed by atoms with Crippen molar-refractivity contribution in [3.63, 3.8) is 0 Å². The molecule has 0 spiro atoms. The molecule has 0 radical (unpaired) electrons. The van der Waals surface area contributed by atoms with Gasteiger partial charge in [-0.1, -0.05) is 6.07 Å². The molecule has 1 saturated heterocycles. The Balaban J connectivity index is 1.39. The molecule has 3 aromatic heterocycles. The zero-order valence-corrected chi connectivity index (χ0v) is 18.7. The van der Waals surface area contributed by atoms with Gasteiger partial charge in [-0.05, 0) is 62.3 Å². The molecule has 170 valence electrons. The van der Waals surface area contributed by atoms with E-state index < -0.39 is 6.17 Å². The Bertz CT molecular complexity index is 1310. The number of alkyl halides is 1. The van der Waals surface area contributed by atoms with E-state index in [4.69, 9.17) is 9.72 Å². The Hall–Kier alpha value is -3.13. The molecule has 1 saturated carbocycles. The Morgan fingerprint density at radius 2 is 1.91 bits per heavy atom. The smallest absolute Gasteiger partial charge is 0.183 e. The summed E-state index contributed by atoms with van der Waals surface area (Å²) in [6.45, 7) is 5.06. The number of halogens is 1. The van der Waals surface area contributed by atoms with Crippen LogP contribution < -0.4 is 4.74 Å². The Labute approximate surface area is 191 Å². The van der Waals surface area contributed by atoms with Gasteiger partial charge in [0.1, 0.15) is 11.9 Å². The van der Waals surface area contributed by atoms with Crippen molar-refractivity contribution in [2.45, 2.75) is 45.3 Å². The van der Waals surface area contributed by atoms with Crippen molar-refractivity contribution in [1.29, 1.82) is 0 Å². The number of nitrogens with zero attached hydrogens (tertiary/aromatic N) is 6. The third-order valence-electron chi connectivity index (χ3n) is 6.63. The molecule has 1 aromatic carbocycles. The second-order valence-corrected chi connectivity index (χ2v) is 9.32.